The summed E-state index contributed by atoms with van der Waals surface area (Å²) in [5.74, 6) is 1.01. The maximum Gasteiger partial charge on any atom is 0.262 e. The van der Waals surface area contributed by atoms with Crippen molar-refractivity contribution in [3.63, 3.8) is 0 Å². The number of para-hydroxylation sites is 1. The van der Waals surface area contributed by atoms with Gasteiger partial charge in [-0.25, -0.2) is 4.98 Å². The number of methoxy groups -OCH3 is 1. The number of primary amides is 1. The summed E-state index contributed by atoms with van der Waals surface area (Å²) in [5.41, 5.74) is 8.02. The van der Waals surface area contributed by atoms with Gasteiger partial charge in [-0.05, 0) is 18.1 Å². The van der Waals surface area contributed by atoms with Crippen molar-refractivity contribution < 1.29 is 9.53 Å². The Balaban J connectivity index is 1.84. The number of ether oxygens (including phenoxy) is 1. The molecule has 6 nitrogen and oxygen atoms in total. The number of carbonyl (C=O) groups is 1. The van der Waals surface area contributed by atoms with Gasteiger partial charge >= 0.3 is 0 Å². The maximum atomic E-state index is 13.6. The first-order chi connectivity index (χ1) is 15.1. The number of benzene rings is 2. The third kappa shape index (κ3) is 4.36. The van der Waals surface area contributed by atoms with Crippen LogP contribution in [0.3, 0.4) is 0 Å². The van der Waals surface area contributed by atoms with Crippen LogP contribution in [-0.4, -0.2) is 22.6 Å². The summed E-state index contributed by atoms with van der Waals surface area (Å²) in [6.45, 7) is 0.374. The van der Waals surface area contributed by atoms with E-state index in [2.05, 4.69) is 0 Å². The molecule has 0 aliphatic carbocycles. The predicted molar refractivity (Wildman–Crippen MR) is 124 cm³/mol. The van der Waals surface area contributed by atoms with Gasteiger partial charge in [0, 0.05) is 35.9 Å². The molecule has 2 aromatic heterocycles. The molecular formula is C24H23N3O3S. The van der Waals surface area contributed by atoms with Crippen LogP contribution < -0.4 is 16.0 Å². The highest BCUT2D eigenvalue weighted by Crippen LogP contribution is 2.31. The van der Waals surface area contributed by atoms with Gasteiger partial charge in [0.15, 0.2) is 0 Å². The lowest BCUT2D eigenvalue weighted by Crippen LogP contribution is -2.26. The van der Waals surface area contributed by atoms with E-state index in [0.29, 0.717) is 35.4 Å². The van der Waals surface area contributed by atoms with Crippen LogP contribution in [0.5, 0.6) is 5.75 Å². The molecule has 0 bridgehead atoms. The molecule has 31 heavy (non-hydrogen) atoms. The summed E-state index contributed by atoms with van der Waals surface area (Å²) in [4.78, 5) is 30.4. The molecular weight excluding hydrogens is 410 g/mol. The van der Waals surface area contributed by atoms with Crippen molar-refractivity contribution in [2.75, 3.05) is 7.11 Å². The first-order valence-corrected chi connectivity index (χ1v) is 10.9. The highest BCUT2D eigenvalue weighted by Gasteiger charge is 2.18. The molecule has 0 spiro atoms. The summed E-state index contributed by atoms with van der Waals surface area (Å²) in [5, 5.41) is 2.59. The zero-order valence-corrected chi connectivity index (χ0v) is 18.0. The molecule has 4 aromatic rings. The Morgan fingerprint density at radius 2 is 1.87 bits per heavy atom. The fourth-order valence-corrected chi connectivity index (χ4v) is 4.65. The topological polar surface area (TPSA) is 87.2 Å². The van der Waals surface area contributed by atoms with Gasteiger partial charge in [-0.1, -0.05) is 48.5 Å². The van der Waals surface area contributed by atoms with E-state index in [0.717, 1.165) is 22.4 Å². The Morgan fingerprint density at radius 1 is 1.13 bits per heavy atom. The Morgan fingerprint density at radius 3 is 2.61 bits per heavy atom. The summed E-state index contributed by atoms with van der Waals surface area (Å²) in [6, 6.07) is 17.5. The van der Waals surface area contributed by atoms with E-state index >= 15 is 0 Å². The van der Waals surface area contributed by atoms with Crippen molar-refractivity contribution in [1.82, 2.24) is 9.55 Å². The van der Waals surface area contributed by atoms with Gasteiger partial charge in [-0.2, -0.15) is 0 Å². The summed E-state index contributed by atoms with van der Waals surface area (Å²) in [6.07, 6.45) is 1.14. The van der Waals surface area contributed by atoms with Crippen molar-refractivity contribution in [2.45, 2.75) is 25.8 Å². The number of nitrogens with zero attached hydrogens (tertiary/aromatic N) is 2. The largest absolute Gasteiger partial charge is 0.496 e. The zero-order valence-electron chi connectivity index (χ0n) is 17.2. The van der Waals surface area contributed by atoms with Gasteiger partial charge in [-0.15, -0.1) is 11.3 Å². The Hall–Kier alpha value is -3.45. The average molecular weight is 434 g/mol. The number of fused-ring (bicyclic) bond motifs is 1. The fraction of sp³-hybridized carbons (Fsp3) is 0.208. The molecule has 2 aromatic carbocycles. The number of nitrogens with two attached hydrogens (primary N) is 1. The highest BCUT2D eigenvalue weighted by atomic mass is 32.1. The second kappa shape index (κ2) is 9.14. The van der Waals surface area contributed by atoms with Crippen LogP contribution in [0.4, 0.5) is 0 Å². The number of hydrogen-bond donors (Lipinski definition) is 1. The van der Waals surface area contributed by atoms with E-state index in [9.17, 15) is 9.59 Å². The SMILES string of the molecule is COc1ccccc1Cc1nc2scc(-c3ccccc3)c2c(=O)n1CCCC(N)=O. The molecule has 7 heteroatoms. The van der Waals surface area contributed by atoms with Crippen LogP contribution in [0, 0.1) is 0 Å². The van der Waals surface area contributed by atoms with Gasteiger partial charge in [-0.3, -0.25) is 14.2 Å². The minimum absolute atomic E-state index is 0.0977. The average Bonchev–Trinajstić information content (AvgIpc) is 3.21. The van der Waals surface area contributed by atoms with E-state index < -0.39 is 0 Å². The molecule has 2 N–H and O–H groups in total. The number of thiophene rings is 1. The molecule has 4 rings (SSSR count). The van der Waals surface area contributed by atoms with Crippen molar-refractivity contribution in [2.24, 2.45) is 5.73 Å². The summed E-state index contributed by atoms with van der Waals surface area (Å²) >= 11 is 1.47. The van der Waals surface area contributed by atoms with Crippen LogP contribution in [0.1, 0.15) is 24.2 Å². The third-order valence-electron chi connectivity index (χ3n) is 5.20. The minimum Gasteiger partial charge on any atom is -0.496 e. The second-order valence-corrected chi connectivity index (χ2v) is 8.10. The number of rotatable bonds is 8. The van der Waals surface area contributed by atoms with Gasteiger partial charge in [0.2, 0.25) is 5.91 Å². The van der Waals surface area contributed by atoms with Crippen molar-refractivity contribution in [1.29, 1.82) is 0 Å². The zero-order chi connectivity index (χ0) is 21.8. The standard InChI is InChI=1S/C24H23N3O3S/c1-30-19-11-6-5-10-17(19)14-21-26-23-22(24(29)27(21)13-7-12-20(25)28)18(15-31-23)16-8-3-2-4-9-16/h2-6,8-11,15H,7,12-14H2,1H3,(H2,25,28). The van der Waals surface area contributed by atoms with Crippen LogP contribution in [-0.2, 0) is 17.8 Å². The maximum absolute atomic E-state index is 13.6. The number of amides is 1. The molecule has 158 valence electrons. The summed E-state index contributed by atoms with van der Waals surface area (Å²) < 4.78 is 7.15. The lowest BCUT2D eigenvalue weighted by Gasteiger charge is -2.14. The first-order valence-electron chi connectivity index (χ1n) is 10.0. The molecule has 1 amide bonds. The molecule has 0 saturated carbocycles. The number of aromatic nitrogens is 2. The predicted octanol–water partition coefficient (Wildman–Crippen LogP) is 3.99. The Kier molecular flexibility index (Phi) is 6.13. The molecule has 0 aliphatic heterocycles. The van der Waals surface area contributed by atoms with Crippen LogP contribution in [0.15, 0.2) is 64.8 Å². The molecule has 0 aliphatic rings. The third-order valence-corrected chi connectivity index (χ3v) is 6.08. The van der Waals surface area contributed by atoms with E-state index in [1.165, 1.54) is 11.3 Å². The Labute approximate surface area is 183 Å². The van der Waals surface area contributed by atoms with E-state index in [-0.39, 0.29) is 17.9 Å². The van der Waals surface area contributed by atoms with E-state index in [1.54, 1.807) is 11.7 Å². The number of carbonyl (C=O) groups excluding carboxylic acids is 1. The lowest BCUT2D eigenvalue weighted by molar-refractivity contribution is -0.118. The Bertz CT molecular complexity index is 1280. The minimum atomic E-state index is -0.381. The summed E-state index contributed by atoms with van der Waals surface area (Å²) in [7, 11) is 1.63. The van der Waals surface area contributed by atoms with Gasteiger partial charge in [0.05, 0.1) is 12.5 Å². The monoisotopic (exact) mass is 433 g/mol. The van der Waals surface area contributed by atoms with Crippen LogP contribution in [0.25, 0.3) is 21.3 Å². The number of hydrogen-bond acceptors (Lipinski definition) is 5. The van der Waals surface area contributed by atoms with Crippen molar-refractivity contribution >= 4 is 27.5 Å². The smallest absolute Gasteiger partial charge is 0.262 e. The van der Waals surface area contributed by atoms with Crippen molar-refractivity contribution in [3.8, 4) is 16.9 Å². The molecule has 2 heterocycles. The van der Waals surface area contributed by atoms with E-state index in [1.807, 2.05) is 60.0 Å². The lowest BCUT2D eigenvalue weighted by atomic mass is 10.1. The molecule has 0 atom stereocenters. The molecule has 0 fully saturated rings. The van der Waals surface area contributed by atoms with Crippen LogP contribution >= 0.6 is 11.3 Å². The molecule has 0 saturated heterocycles. The van der Waals surface area contributed by atoms with E-state index in [4.69, 9.17) is 15.5 Å². The van der Waals surface area contributed by atoms with Gasteiger partial charge in [0.25, 0.3) is 5.56 Å². The normalized spacial score (nSPS) is 11.0. The molecule has 0 radical (unpaired) electrons. The quantitative estimate of drug-likeness (QED) is 0.455. The fourth-order valence-electron chi connectivity index (χ4n) is 3.69. The van der Waals surface area contributed by atoms with Crippen molar-refractivity contribution in [3.05, 3.63) is 81.7 Å². The van der Waals surface area contributed by atoms with Gasteiger partial charge < -0.3 is 10.5 Å². The highest BCUT2D eigenvalue weighted by molar-refractivity contribution is 7.17. The second-order valence-electron chi connectivity index (χ2n) is 7.24. The van der Waals surface area contributed by atoms with Crippen LogP contribution in [0.2, 0.25) is 0 Å². The molecule has 0 unspecified atom stereocenters. The first kappa shape index (κ1) is 20.8. The van der Waals surface area contributed by atoms with Gasteiger partial charge in [0.1, 0.15) is 16.4 Å².